The van der Waals surface area contributed by atoms with E-state index >= 15 is 0 Å². The molecule has 23 heavy (non-hydrogen) atoms. The lowest BCUT2D eigenvalue weighted by Gasteiger charge is -2.26. The van der Waals surface area contributed by atoms with Gasteiger partial charge in [0, 0.05) is 6.04 Å². The largest absolute Gasteiger partial charge is 0.369 e. The molecule has 0 spiro atoms. The van der Waals surface area contributed by atoms with E-state index in [1.807, 2.05) is 6.33 Å². The zero-order chi connectivity index (χ0) is 16.6. The minimum Gasteiger partial charge on any atom is -0.369 e. The monoisotopic (exact) mass is 315 g/mol. The summed E-state index contributed by atoms with van der Waals surface area (Å²) in [5.41, 5.74) is 7.47. The predicted molar refractivity (Wildman–Crippen MR) is 95.3 cm³/mol. The standard InChI is InChI=1S/C18H29N5/c1-5-6-7-8-14-12(3)11(2)9-15(14)23-10-20-16-13(4)21-18(19)22-17(16)23/h10-12,14-15H,4-9H2,1-3H3,(H3,19,21,22). The van der Waals surface area contributed by atoms with Gasteiger partial charge in [-0.05, 0) is 30.6 Å². The molecule has 2 aliphatic rings. The minimum atomic E-state index is 0.408. The molecular formula is C18H29N5. The molecule has 126 valence electrons. The highest BCUT2D eigenvalue weighted by Gasteiger charge is 2.40. The first-order valence-corrected chi connectivity index (χ1v) is 8.90. The average Bonchev–Trinajstić information content (AvgIpc) is 3.03. The number of unbranched alkanes of at least 4 members (excludes halogenated alkanes) is 2. The molecule has 0 aromatic carbocycles. The van der Waals surface area contributed by atoms with Gasteiger partial charge in [-0.2, -0.15) is 4.99 Å². The number of hydrogen-bond acceptors (Lipinski definition) is 4. The number of rotatable bonds is 5. The Bertz CT molecular complexity index is 615. The van der Waals surface area contributed by atoms with Gasteiger partial charge in [0.25, 0.3) is 0 Å². The van der Waals surface area contributed by atoms with E-state index in [0.717, 1.165) is 29.0 Å². The van der Waals surface area contributed by atoms with E-state index in [0.29, 0.717) is 17.9 Å². The third-order valence-corrected chi connectivity index (χ3v) is 5.74. The van der Waals surface area contributed by atoms with Crippen LogP contribution in [-0.4, -0.2) is 15.5 Å². The fraction of sp³-hybridized carbons (Fsp3) is 0.667. The van der Waals surface area contributed by atoms with E-state index in [-0.39, 0.29) is 0 Å². The number of aromatic nitrogens is 2. The SMILES string of the molecule is C=C1NC(N)=Nc2c1ncn2C1CC(C)C(C)C1CCCCC. The lowest BCUT2D eigenvalue weighted by Crippen LogP contribution is -2.32. The number of imidazole rings is 1. The molecule has 5 nitrogen and oxygen atoms in total. The summed E-state index contributed by atoms with van der Waals surface area (Å²) in [6, 6.07) is 0.468. The summed E-state index contributed by atoms with van der Waals surface area (Å²) in [4.78, 5) is 9.04. The maximum atomic E-state index is 5.89. The highest BCUT2D eigenvalue weighted by atomic mass is 15.2. The van der Waals surface area contributed by atoms with E-state index in [4.69, 9.17) is 5.73 Å². The number of nitrogens with zero attached hydrogens (tertiary/aromatic N) is 3. The van der Waals surface area contributed by atoms with Crippen molar-refractivity contribution in [1.82, 2.24) is 14.9 Å². The molecule has 4 unspecified atom stereocenters. The summed E-state index contributed by atoms with van der Waals surface area (Å²) in [6.07, 6.45) is 8.31. The van der Waals surface area contributed by atoms with Crippen LogP contribution in [0.2, 0.25) is 0 Å². The molecule has 1 fully saturated rings. The van der Waals surface area contributed by atoms with Crippen molar-refractivity contribution in [1.29, 1.82) is 0 Å². The van der Waals surface area contributed by atoms with Crippen molar-refractivity contribution in [3.63, 3.8) is 0 Å². The van der Waals surface area contributed by atoms with Crippen molar-refractivity contribution in [2.24, 2.45) is 28.5 Å². The Kier molecular flexibility index (Phi) is 4.46. The Morgan fingerprint density at radius 1 is 1.39 bits per heavy atom. The van der Waals surface area contributed by atoms with Crippen LogP contribution in [0.5, 0.6) is 0 Å². The van der Waals surface area contributed by atoms with E-state index < -0.39 is 0 Å². The Hall–Kier alpha value is -1.78. The number of guanidine groups is 1. The highest BCUT2D eigenvalue weighted by Crippen LogP contribution is 2.48. The summed E-state index contributed by atoms with van der Waals surface area (Å²) in [6.45, 7) is 11.1. The van der Waals surface area contributed by atoms with Crippen molar-refractivity contribution in [2.45, 2.75) is 58.9 Å². The molecule has 0 saturated heterocycles. The van der Waals surface area contributed by atoms with Gasteiger partial charge in [0.15, 0.2) is 11.8 Å². The summed E-state index contributed by atoms with van der Waals surface area (Å²) >= 11 is 0. The van der Waals surface area contributed by atoms with Crippen molar-refractivity contribution in [3.05, 3.63) is 18.6 Å². The van der Waals surface area contributed by atoms with E-state index in [2.05, 4.69) is 47.2 Å². The molecule has 2 heterocycles. The van der Waals surface area contributed by atoms with Gasteiger partial charge >= 0.3 is 0 Å². The smallest absolute Gasteiger partial charge is 0.199 e. The molecule has 0 radical (unpaired) electrons. The van der Waals surface area contributed by atoms with Gasteiger partial charge in [-0.15, -0.1) is 0 Å². The van der Waals surface area contributed by atoms with Gasteiger partial charge in [-0.25, -0.2) is 4.98 Å². The minimum absolute atomic E-state index is 0.408. The second kappa shape index (κ2) is 6.38. The molecule has 5 heteroatoms. The van der Waals surface area contributed by atoms with Crippen molar-refractivity contribution in [3.8, 4) is 0 Å². The van der Waals surface area contributed by atoms with Gasteiger partial charge in [0.05, 0.1) is 12.0 Å². The first-order valence-electron chi connectivity index (χ1n) is 8.90. The lowest BCUT2D eigenvalue weighted by molar-refractivity contribution is 0.283. The summed E-state index contributed by atoms with van der Waals surface area (Å²) in [7, 11) is 0. The molecule has 1 aromatic rings. The first kappa shape index (κ1) is 16.1. The van der Waals surface area contributed by atoms with Crippen LogP contribution in [0.4, 0.5) is 5.82 Å². The molecule has 1 aliphatic carbocycles. The van der Waals surface area contributed by atoms with Crippen LogP contribution in [0.3, 0.4) is 0 Å². The molecule has 0 bridgehead atoms. The fourth-order valence-corrected chi connectivity index (χ4v) is 4.22. The number of nitrogens with one attached hydrogen (secondary N) is 1. The lowest BCUT2D eigenvalue weighted by atomic mass is 9.87. The third-order valence-electron chi connectivity index (χ3n) is 5.74. The topological polar surface area (TPSA) is 68.2 Å². The van der Waals surface area contributed by atoms with Crippen LogP contribution in [0, 0.1) is 17.8 Å². The van der Waals surface area contributed by atoms with Gasteiger partial charge in [0.1, 0.15) is 5.69 Å². The second-order valence-corrected chi connectivity index (χ2v) is 7.22. The van der Waals surface area contributed by atoms with E-state index in [9.17, 15) is 0 Å². The van der Waals surface area contributed by atoms with Gasteiger partial charge in [-0.1, -0.05) is 46.6 Å². The molecular weight excluding hydrogens is 286 g/mol. The Labute approximate surface area is 139 Å². The molecule has 4 atom stereocenters. The molecule has 3 N–H and O–H groups in total. The average molecular weight is 315 g/mol. The zero-order valence-electron chi connectivity index (χ0n) is 14.5. The van der Waals surface area contributed by atoms with Crippen molar-refractivity contribution < 1.29 is 0 Å². The Morgan fingerprint density at radius 2 is 2.17 bits per heavy atom. The summed E-state index contributed by atoms with van der Waals surface area (Å²) in [5, 5.41) is 2.97. The van der Waals surface area contributed by atoms with Gasteiger partial charge < -0.3 is 15.6 Å². The second-order valence-electron chi connectivity index (χ2n) is 7.22. The van der Waals surface area contributed by atoms with Gasteiger partial charge in [0.2, 0.25) is 0 Å². The quantitative estimate of drug-likeness (QED) is 0.812. The highest BCUT2D eigenvalue weighted by molar-refractivity contribution is 5.93. The van der Waals surface area contributed by atoms with E-state index in [1.165, 1.54) is 32.1 Å². The fourth-order valence-electron chi connectivity index (χ4n) is 4.22. The third kappa shape index (κ3) is 2.89. The van der Waals surface area contributed by atoms with Gasteiger partial charge in [-0.3, -0.25) is 0 Å². The zero-order valence-corrected chi connectivity index (χ0v) is 14.5. The maximum Gasteiger partial charge on any atom is 0.199 e. The van der Waals surface area contributed by atoms with Crippen LogP contribution in [0.1, 0.15) is 64.6 Å². The predicted octanol–water partition coefficient (Wildman–Crippen LogP) is 3.82. The summed E-state index contributed by atoms with van der Waals surface area (Å²) in [5.74, 6) is 3.44. The van der Waals surface area contributed by atoms with Crippen LogP contribution >= 0.6 is 0 Å². The van der Waals surface area contributed by atoms with Crippen molar-refractivity contribution >= 4 is 17.5 Å². The van der Waals surface area contributed by atoms with Crippen LogP contribution in [-0.2, 0) is 0 Å². The molecule has 0 amide bonds. The molecule has 1 aromatic heterocycles. The van der Waals surface area contributed by atoms with Crippen LogP contribution < -0.4 is 11.1 Å². The van der Waals surface area contributed by atoms with Crippen LogP contribution in [0.25, 0.3) is 5.70 Å². The number of aliphatic imine (C=N–C) groups is 1. The van der Waals surface area contributed by atoms with Crippen LogP contribution in [0.15, 0.2) is 17.9 Å². The first-order chi connectivity index (χ1) is 11.0. The van der Waals surface area contributed by atoms with E-state index in [1.54, 1.807) is 0 Å². The maximum absolute atomic E-state index is 5.89. The number of nitrogens with two attached hydrogens (primary N) is 1. The molecule has 1 aliphatic heterocycles. The number of hydrogen-bond donors (Lipinski definition) is 2. The molecule has 3 rings (SSSR count). The number of fused-ring (bicyclic) bond motifs is 1. The Balaban J connectivity index is 1.90. The van der Waals surface area contributed by atoms with Crippen molar-refractivity contribution in [2.75, 3.05) is 0 Å². The summed E-state index contributed by atoms with van der Waals surface area (Å²) < 4.78 is 2.25. The normalized spacial score (nSPS) is 30.0. The Morgan fingerprint density at radius 3 is 2.91 bits per heavy atom. The molecule has 1 saturated carbocycles.